The molecule has 4 heterocycles. The van der Waals surface area contributed by atoms with E-state index in [1.165, 1.54) is 0 Å². The van der Waals surface area contributed by atoms with Crippen molar-refractivity contribution in [1.82, 2.24) is 24.8 Å². The van der Waals surface area contributed by atoms with Gasteiger partial charge in [0.1, 0.15) is 21.7 Å². The van der Waals surface area contributed by atoms with E-state index in [-0.39, 0.29) is 0 Å². The quantitative estimate of drug-likeness (QED) is 0.416. The monoisotopic (exact) mass is 334 g/mol. The molecule has 0 aliphatic carbocycles. The van der Waals surface area contributed by atoms with Crippen molar-refractivity contribution >= 4 is 43.4 Å². The van der Waals surface area contributed by atoms with Crippen LogP contribution in [0.1, 0.15) is 5.56 Å². The molecule has 0 fully saturated rings. The summed E-state index contributed by atoms with van der Waals surface area (Å²) in [6, 6.07) is 7.82. The topological polar surface area (TPSA) is 67.2 Å². The van der Waals surface area contributed by atoms with Crippen LogP contribution in [0.3, 0.4) is 0 Å². The summed E-state index contributed by atoms with van der Waals surface area (Å²) >= 11 is 1.56. The van der Waals surface area contributed by atoms with E-state index in [9.17, 15) is 0 Å². The van der Waals surface area contributed by atoms with Crippen LogP contribution in [-0.2, 0) is 0 Å². The van der Waals surface area contributed by atoms with Crippen LogP contribution in [0, 0.1) is 0 Å². The smallest absolute Gasteiger partial charge is 0.175 e. The molecule has 0 saturated carbocycles. The predicted octanol–water partition coefficient (Wildman–Crippen LogP) is 3.27. The zero-order chi connectivity index (χ0) is 16.5. The maximum absolute atomic E-state index is 4.79. The number of thiophene rings is 1. The van der Waals surface area contributed by atoms with E-state index in [2.05, 4.69) is 19.9 Å². The van der Waals surface area contributed by atoms with Crippen molar-refractivity contribution in [3.63, 3.8) is 0 Å². The highest BCUT2D eigenvalue weighted by molar-refractivity contribution is 7.25. The fraction of sp³-hybridized carbons (Fsp3) is 0.118. The minimum Gasteiger partial charge on any atom is -0.362 e. The molecule has 0 amide bonds. The number of hydrogen-bond donors (Lipinski definition) is 0. The number of pyridine rings is 2. The normalized spacial score (nSPS) is 12.0. The zero-order valence-corrected chi connectivity index (χ0v) is 14.0. The number of nitrogens with zero attached hydrogens (tertiary/aromatic N) is 6. The molecule has 4 rings (SSSR count). The van der Waals surface area contributed by atoms with Crippen molar-refractivity contribution in [3.8, 4) is 0 Å². The van der Waals surface area contributed by atoms with E-state index in [1.807, 2.05) is 43.3 Å². The number of aliphatic imine (C=N–C) groups is 1. The van der Waals surface area contributed by atoms with Crippen molar-refractivity contribution < 1.29 is 0 Å². The molecule has 0 aliphatic heterocycles. The van der Waals surface area contributed by atoms with Crippen molar-refractivity contribution in [2.24, 2.45) is 4.99 Å². The van der Waals surface area contributed by atoms with Gasteiger partial charge in [-0.2, -0.15) is 0 Å². The minimum absolute atomic E-state index is 0.649. The first-order valence-electron chi connectivity index (χ1n) is 7.38. The number of fused-ring (bicyclic) bond motifs is 3. The van der Waals surface area contributed by atoms with Crippen LogP contribution in [0.15, 0.2) is 54.2 Å². The summed E-state index contributed by atoms with van der Waals surface area (Å²) in [5, 5.41) is 1.03. The Morgan fingerprint density at radius 2 is 1.96 bits per heavy atom. The molecule has 0 unspecified atom stereocenters. The van der Waals surface area contributed by atoms with Gasteiger partial charge in [0.15, 0.2) is 5.82 Å². The maximum Gasteiger partial charge on any atom is 0.175 e. The fourth-order valence-corrected chi connectivity index (χ4v) is 3.53. The Hall–Kier alpha value is -2.93. The van der Waals surface area contributed by atoms with Gasteiger partial charge in [0, 0.05) is 43.6 Å². The summed E-state index contributed by atoms with van der Waals surface area (Å²) in [5.41, 5.74) is 1.83. The first-order chi connectivity index (χ1) is 11.7. The third-order valence-electron chi connectivity index (χ3n) is 3.57. The predicted molar refractivity (Wildman–Crippen MR) is 96.8 cm³/mol. The highest BCUT2D eigenvalue weighted by Gasteiger charge is 2.13. The second kappa shape index (κ2) is 5.93. The lowest BCUT2D eigenvalue weighted by molar-refractivity contribution is 0.623. The first-order valence-corrected chi connectivity index (χ1v) is 8.20. The highest BCUT2D eigenvalue weighted by Crippen LogP contribution is 2.35. The molecule has 7 heteroatoms. The van der Waals surface area contributed by atoms with E-state index < -0.39 is 0 Å². The van der Waals surface area contributed by atoms with Crippen LogP contribution in [0.25, 0.3) is 20.4 Å². The molecule has 4 aromatic rings. The van der Waals surface area contributed by atoms with E-state index in [0.29, 0.717) is 5.82 Å². The maximum atomic E-state index is 4.79. The van der Waals surface area contributed by atoms with Crippen LogP contribution in [0.2, 0.25) is 0 Å². The Bertz CT molecular complexity index is 1040. The lowest BCUT2D eigenvalue weighted by Gasteiger charge is -2.15. The van der Waals surface area contributed by atoms with Crippen molar-refractivity contribution in [1.29, 1.82) is 0 Å². The molecule has 0 aromatic carbocycles. The molecule has 0 atom stereocenters. The number of hydrogen-bond acceptors (Lipinski definition) is 6. The third-order valence-corrected chi connectivity index (χ3v) is 4.66. The van der Waals surface area contributed by atoms with Gasteiger partial charge in [0.05, 0.1) is 5.52 Å². The van der Waals surface area contributed by atoms with Crippen molar-refractivity contribution in [3.05, 3.63) is 54.7 Å². The lowest BCUT2D eigenvalue weighted by atomic mass is 10.2. The van der Waals surface area contributed by atoms with Gasteiger partial charge in [0.2, 0.25) is 0 Å². The van der Waals surface area contributed by atoms with Crippen LogP contribution >= 0.6 is 11.3 Å². The molecule has 6 nitrogen and oxygen atoms in total. The summed E-state index contributed by atoms with van der Waals surface area (Å²) in [5.74, 6) is 1.45. The largest absolute Gasteiger partial charge is 0.362 e. The van der Waals surface area contributed by atoms with Crippen molar-refractivity contribution in [2.45, 2.75) is 0 Å². The van der Waals surface area contributed by atoms with E-state index in [4.69, 9.17) is 4.99 Å². The average molecular weight is 334 g/mol. The average Bonchev–Trinajstić information content (AvgIpc) is 2.99. The zero-order valence-electron chi connectivity index (χ0n) is 13.2. The van der Waals surface area contributed by atoms with Gasteiger partial charge in [-0.05, 0) is 24.3 Å². The van der Waals surface area contributed by atoms with Gasteiger partial charge in [0.25, 0.3) is 0 Å². The molecule has 24 heavy (non-hydrogen) atoms. The van der Waals surface area contributed by atoms with Gasteiger partial charge in [-0.3, -0.25) is 4.98 Å². The molecule has 0 bridgehead atoms. The van der Waals surface area contributed by atoms with Gasteiger partial charge < -0.3 is 4.90 Å². The Morgan fingerprint density at radius 3 is 2.75 bits per heavy atom. The van der Waals surface area contributed by atoms with Crippen LogP contribution in [0.5, 0.6) is 0 Å². The minimum atomic E-state index is 0.649. The van der Waals surface area contributed by atoms with Gasteiger partial charge in [-0.1, -0.05) is 0 Å². The standard InChI is InChI=1S/C17H14N6S/c1-23(2)16(11-5-3-7-18-9-11)22-15-14-13(20-10-21-15)12-6-4-8-19-17(12)24-14/h3-10H,1-2H3. The highest BCUT2D eigenvalue weighted by atomic mass is 32.1. The SMILES string of the molecule is CN(C)C(=Nc1ncnc2c1sc1ncccc12)c1cccnc1. The van der Waals surface area contributed by atoms with Crippen LogP contribution in [-0.4, -0.2) is 44.8 Å². The Balaban J connectivity index is 1.95. The molecular weight excluding hydrogens is 320 g/mol. The van der Waals surface area contributed by atoms with Gasteiger partial charge in [-0.15, -0.1) is 11.3 Å². The number of rotatable bonds is 2. The second-order valence-electron chi connectivity index (χ2n) is 5.40. The van der Waals surface area contributed by atoms with E-state index in [0.717, 1.165) is 31.8 Å². The molecule has 0 aliphatic rings. The lowest BCUT2D eigenvalue weighted by Crippen LogP contribution is -2.23. The van der Waals surface area contributed by atoms with Crippen LogP contribution in [0.4, 0.5) is 5.82 Å². The summed E-state index contributed by atoms with van der Waals surface area (Å²) in [7, 11) is 3.91. The van der Waals surface area contributed by atoms with Crippen molar-refractivity contribution in [2.75, 3.05) is 14.1 Å². The van der Waals surface area contributed by atoms with Gasteiger partial charge in [-0.25, -0.2) is 19.9 Å². The second-order valence-corrected chi connectivity index (χ2v) is 6.40. The summed E-state index contributed by atoms with van der Waals surface area (Å²) in [6.45, 7) is 0. The summed E-state index contributed by atoms with van der Waals surface area (Å²) < 4.78 is 0.939. The van der Waals surface area contributed by atoms with Crippen LogP contribution < -0.4 is 0 Å². The Kier molecular flexibility index (Phi) is 3.62. The van der Waals surface area contributed by atoms with E-state index >= 15 is 0 Å². The van der Waals surface area contributed by atoms with E-state index in [1.54, 1.807) is 36.3 Å². The third kappa shape index (κ3) is 2.48. The molecule has 0 saturated heterocycles. The number of aromatic nitrogens is 4. The molecule has 0 radical (unpaired) electrons. The Labute approximate surface area is 142 Å². The molecule has 0 spiro atoms. The number of amidine groups is 1. The fourth-order valence-electron chi connectivity index (χ4n) is 2.50. The molecule has 0 N–H and O–H groups in total. The molecule has 118 valence electrons. The summed E-state index contributed by atoms with van der Waals surface area (Å²) in [6.07, 6.45) is 6.88. The molecular formula is C17H14N6S. The molecule has 4 aromatic heterocycles. The Morgan fingerprint density at radius 1 is 1.08 bits per heavy atom. The van der Waals surface area contributed by atoms with Gasteiger partial charge >= 0.3 is 0 Å². The first kappa shape index (κ1) is 14.6. The summed E-state index contributed by atoms with van der Waals surface area (Å²) in [4.78, 5) is 25.1.